The van der Waals surface area contributed by atoms with Crippen molar-refractivity contribution in [3.63, 3.8) is 0 Å². The molecule has 1 N–H and O–H groups in total. The molecule has 0 bridgehead atoms. The Hall–Kier alpha value is -2.88. The fourth-order valence-corrected chi connectivity index (χ4v) is 2.27. The predicted molar refractivity (Wildman–Crippen MR) is 85.0 cm³/mol. The molecule has 0 unspecified atom stereocenters. The van der Waals surface area contributed by atoms with Crippen LogP contribution >= 0.6 is 0 Å². The molecule has 0 saturated heterocycles. The van der Waals surface area contributed by atoms with Gasteiger partial charge in [0.15, 0.2) is 0 Å². The number of carbonyl (C=O) groups excluding carboxylic acids is 1. The fourth-order valence-electron chi connectivity index (χ4n) is 2.27. The number of aromatic nitrogens is 2. The van der Waals surface area contributed by atoms with Crippen molar-refractivity contribution in [1.82, 2.24) is 9.55 Å². The summed E-state index contributed by atoms with van der Waals surface area (Å²) < 4.78 is 2.06. The molecule has 21 heavy (non-hydrogen) atoms. The summed E-state index contributed by atoms with van der Waals surface area (Å²) >= 11 is 0. The zero-order valence-electron chi connectivity index (χ0n) is 11.7. The van der Waals surface area contributed by atoms with Crippen molar-refractivity contribution >= 4 is 22.5 Å². The molecular weight excluding hydrogens is 262 g/mol. The van der Waals surface area contributed by atoms with Crippen LogP contribution in [-0.4, -0.2) is 15.5 Å². The molecule has 4 nitrogen and oxygen atoms in total. The van der Waals surface area contributed by atoms with Crippen LogP contribution in [0.5, 0.6) is 0 Å². The minimum absolute atomic E-state index is 0.224. The van der Waals surface area contributed by atoms with E-state index in [9.17, 15) is 4.79 Å². The molecule has 0 saturated carbocycles. The van der Waals surface area contributed by atoms with Gasteiger partial charge in [-0.2, -0.15) is 0 Å². The largest absolute Gasteiger partial charge is 0.350 e. The highest BCUT2D eigenvalue weighted by Gasteiger charge is 2.05. The summed E-state index contributed by atoms with van der Waals surface area (Å²) in [5, 5.41) is 3.86. The van der Waals surface area contributed by atoms with Crippen LogP contribution in [-0.2, 0) is 11.8 Å². The van der Waals surface area contributed by atoms with Crippen LogP contribution in [0.4, 0.5) is 5.69 Å². The Morgan fingerprint density at radius 2 is 2.19 bits per heavy atom. The molecule has 0 spiro atoms. The van der Waals surface area contributed by atoms with Crippen molar-refractivity contribution in [2.24, 2.45) is 7.05 Å². The minimum atomic E-state index is -0.224. The van der Waals surface area contributed by atoms with Gasteiger partial charge in [-0.25, -0.2) is 0 Å². The number of rotatable bonds is 3. The Kier molecular flexibility index (Phi) is 3.28. The van der Waals surface area contributed by atoms with Gasteiger partial charge in [0, 0.05) is 36.1 Å². The highest BCUT2D eigenvalue weighted by molar-refractivity contribution is 5.99. The van der Waals surface area contributed by atoms with E-state index in [1.165, 1.54) is 6.08 Å². The van der Waals surface area contributed by atoms with Crippen LogP contribution < -0.4 is 5.32 Å². The average molecular weight is 277 g/mol. The van der Waals surface area contributed by atoms with Gasteiger partial charge in [0.05, 0.1) is 11.2 Å². The summed E-state index contributed by atoms with van der Waals surface area (Å²) in [6.07, 6.45) is 5.12. The lowest BCUT2D eigenvalue weighted by Crippen LogP contribution is -2.07. The van der Waals surface area contributed by atoms with Crippen LogP contribution in [0.25, 0.3) is 22.2 Å². The van der Waals surface area contributed by atoms with Crippen molar-refractivity contribution < 1.29 is 4.79 Å². The summed E-state index contributed by atoms with van der Waals surface area (Å²) in [5.41, 5.74) is 3.69. The number of fused-ring (bicyclic) bond motifs is 1. The maximum absolute atomic E-state index is 11.4. The number of aryl methyl sites for hydroxylation is 1. The standard InChI is InChI=1S/C17H15N3O/c1-3-17(21)19-14-6-4-5-12(9-14)15-10-16-13(11-18-15)7-8-20(16)2/h3-11H,1H2,2H3,(H,19,21). The lowest BCUT2D eigenvalue weighted by atomic mass is 10.1. The van der Waals surface area contributed by atoms with E-state index >= 15 is 0 Å². The Bertz CT molecular complexity index is 833. The molecule has 0 aliphatic heterocycles. The van der Waals surface area contributed by atoms with Gasteiger partial charge < -0.3 is 9.88 Å². The van der Waals surface area contributed by atoms with E-state index in [1.807, 2.05) is 55.8 Å². The van der Waals surface area contributed by atoms with Gasteiger partial charge in [0.25, 0.3) is 0 Å². The number of hydrogen-bond donors (Lipinski definition) is 1. The lowest BCUT2D eigenvalue weighted by Gasteiger charge is -2.06. The maximum Gasteiger partial charge on any atom is 0.247 e. The zero-order chi connectivity index (χ0) is 14.8. The molecule has 0 atom stereocenters. The van der Waals surface area contributed by atoms with Gasteiger partial charge in [0.1, 0.15) is 0 Å². The number of amides is 1. The zero-order valence-corrected chi connectivity index (χ0v) is 11.7. The van der Waals surface area contributed by atoms with Crippen molar-refractivity contribution in [1.29, 1.82) is 0 Å². The first-order valence-electron chi connectivity index (χ1n) is 6.62. The number of pyridine rings is 1. The summed E-state index contributed by atoms with van der Waals surface area (Å²) in [6.45, 7) is 3.45. The molecule has 3 rings (SSSR count). The van der Waals surface area contributed by atoms with Gasteiger partial charge in [-0.3, -0.25) is 9.78 Å². The first kappa shape index (κ1) is 13.1. The molecule has 2 aromatic heterocycles. The second-order valence-corrected chi connectivity index (χ2v) is 4.83. The van der Waals surface area contributed by atoms with Gasteiger partial charge in [-0.05, 0) is 30.3 Å². The van der Waals surface area contributed by atoms with E-state index in [1.54, 1.807) is 0 Å². The maximum atomic E-state index is 11.4. The van der Waals surface area contributed by atoms with Crippen molar-refractivity contribution in [2.45, 2.75) is 0 Å². The molecule has 0 fully saturated rings. The summed E-state index contributed by atoms with van der Waals surface area (Å²) in [5.74, 6) is -0.224. The predicted octanol–water partition coefficient (Wildman–Crippen LogP) is 3.36. The molecule has 1 amide bonds. The number of anilines is 1. The summed E-state index contributed by atoms with van der Waals surface area (Å²) in [4.78, 5) is 15.9. The molecule has 3 aromatic rings. The number of nitrogens with zero attached hydrogens (tertiary/aromatic N) is 2. The van der Waals surface area contributed by atoms with E-state index in [4.69, 9.17) is 0 Å². The third-order valence-corrected chi connectivity index (χ3v) is 3.38. The fraction of sp³-hybridized carbons (Fsp3) is 0.0588. The van der Waals surface area contributed by atoms with Crippen LogP contribution in [0, 0.1) is 0 Å². The monoisotopic (exact) mass is 277 g/mol. The second kappa shape index (κ2) is 5.25. The molecule has 0 aliphatic rings. The van der Waals surface area contributed by atoms with Crippen molar-refractivity contribution in [3.8, 4) is 11.3 Å². The van der Waals surface area contributed by atoms with Gasteiger partial charge in [0.2, 0.25) is 5.91 Å². The first-order valence-corrected chi connectivity index (χ1v) is 6.62. The number of carbonyl (C=O) groups is 1. The van der Waals surface area contributed by atoms with Gasteiger partial charge in [-0.1, -0.05) is 18.7 Å². The van der Waals surface area contributed by atoms with Crippen LogP contribution in [0.2, 0.25) is 0 Å². The van der Waals surface area contributed by atoms with Gasteiger partial charge in [-0.15, -0.1) is 0 Å². The van der Waals surface area contributed by atoms with Crippen LogP contribution in [0.15, 0.2) is 61.4 Å². The second-order valence-electron chi connectivity index (χ2n) is 4.83. The van der Waals surface area contributed by atoms with Crippen LogP contribution in [0.1, 0.15) is 0 Å². The van der Waals surface area contributed by atoms with Crippen molar-refractivity contribution in [2.75, 3.05) is 5.32 Å². The normalized spacial score (nSPS) is 10.5. The third kappa shape index (κ3) is 2.56. The molecule has 2 heterocycles. The molecule has 0 aliphatic carbocycles. The Morgan fingerprint density at radius 3 is 3.00 bits per heavy atom. The summed E-state index contributed by atoms with van der Waals surface area (Å²) in [6, 6.07) is 11.7. The van der Waals surface area contributed by atoms with Crippen molar-refractivity contribution in [3.05, 3.63) is 61.4 Å². The summed E-state index contributed by atoms with van der Waals surface area (Å²) in [7, 11) is 2.01. The van der Waals surface area contributed by atoms with Gasteiger partial charge >= 0.3 is 0 Å². The Balaban J connectivity index is 2.01. The van der Waals surface area contributed by atoms with E-state index < -0.39 is 0 Å². The Labute approximate surface area is 122 Å². The van der Waals surface area contributed by atoms with E-state index in [-0.39, 0.29) is 5.91 Å². The van der Waals surface area contributed by atoms with E-state index in [0.717, 1.165) is 27.8 Å². The molecule has 104 valence electrons. The quantitative estimate of drug-likeness (QED) is 0.746. The topological polar surface area (TPSA) is 46.9 Å². The smallest absolute Gasteiger partial charge is 0.247 e. The highest BCUT2D eigenvalue weighted by atomic mass is 16.1. The van der Waals surface area contributed by atoms with Crippen LogP contribution in [0.3, 0.4) is 0 Å². The number of nitrogens with one attached hydrogen (secondary N) is 1. The van der Waals surface area contributed by atoms with E-state index in [0.29, 0.717) is 0 Å². The number of benzene rings is 1. The molecule has 1 aromatic carbocycles. The van der Waals surface area contributed by atoms with E-state index in [2.05, 4.69) is 21.4 Å². The number of hydrogen-bond acceptors (Lipinski definition) is 2. The molecule has 0 radical (unpaired) electrons. The third-order valence-electron chi connectivity index (χ3n) is 3.38. The lowest BCUT2D eigenvalue weighted by molar-refractivity contribution is -0.111. The highest BCUT2D eigenvalue weighted by Crippen LogP contribution is 2.24. The molecule has 4 heteroatoms. The minimum Gasteiger partial charge on any atom is -0.350 e. The average Bonchev–Trinajstić information content (AvgIpc) is 2.88. The Morgan fingerprint density at radius 1 is 1.33 bits per heavy atom. The first-order chi connectivity index (χ1) is 10.2. The molecular formula is C17H15N3O. The SMILES string of the molecule is C=CC(=O)Nc1cccc(-c2cc3c(ccn3C)cn2)c1.